The molecular formula is C13H17BrN2O3. The van der Waals surface area contributed by atoms with Gasteiger partial charge in [0.1, 0.15) is 0 Å². The van der Waals surface area contributed by atoms with Gasteiger partial charge in [0.05, 0.1) is 9.40 Å². The summed E-state index contributed by atoms with van der Waals surface area (Å²) >= 11 is 3.17. The van der Waals surface area contributed by atoms with Crippen LogP contribution in [0.1, 0.15) is 24.8 Å². The fourth-order valence-corrected chi connectivity index (χ4v) is 2.60. The van der Waals surface area contributed by atoms with Crippen molar-refractivity contribution in [2.45, 2.75) is 25.8 Å². The largest absolute Gasteiger partial charge is 0.396 e. The van der Waals surface area contributed by atoms with Gasteiger partial charge in [0, 0.05) is 25.8 Å². The molecule has 1 aromatic carbocycles. The molecule has 2 rings (SSSR count). The summed E-state index contributed by atoms with van der Waals surface area (Å²) in [4.78, 5) is 10.4. The molecule has 0 atom stereocenters. The number of nitrogens with one attached hydrogen (secondary N) is 1. The number of rotatable bonds is 7. The van der Waals surface area contributed by atoms with E-state index < -0.39 is 0 Å². The third kappa shape index (κ3) is 3.75. The van der Waals surface area contributed by atoms with Gasteiger partial charge in [-0.05, 0) is 52.2 Å². The van der Waals surface area contributed by atoms with E-state index in [0.29, 0.717) is 11.0 Å². The van der Waals surface area contributed by atoms with Gasteiger partial charge in [0.15, 0.2) is 0 Å². The fraction of sp³-hybridized carbons (Fsp3) is 0.538. The van der Waals surface area contributed by atoms with Gasteiger partial charge in [-0.2, -0.15) is 0 Å². The van der Waals surface area contributed by atoms with Crippen molar-refractivity contribution in [2.75, 3.05) is 13.2 Å². The predicted octanol–water partition coefficient (Wildman–Crippen LogP) is 2.61. The van der Waals surface area contributed by atoms with Gasteiger partial charge in [0.2, 0.25) is 0 Å². The Morgan fingerprint density at radius 2 is 2.21 bits per heavy atom. The second kappa shape index (κ2) is 5.98. The Bertz CT molecular complexity index is 475. The highest BCUT2D eigenvalue weighted by molar-refractivity contribution is 9.10. The molecule has 1 aromatic rings. The van der Waals surface area contributed by atoms with Crippen LogP contribution in [0.5, 0.6) is 0 Å². The lowest BCUT2D eigenvalue weighted by Crippen LogP contribution is -2.24. The monoisotopic (exact) mass is 328 g/mol. The number of nitrogens with zero attached hydrogens (tertiary/aromatic N) is 1. The van der Waals surface area contributed by atoms with Crippen LogP contribution >= 0.6 is 15.9 Å². The average Bonchev–Trinajstić information content (AvgIpc) is 3.11. The first-order chi connectivity index (χ1) is 9.06. The summed E-state index contributed by atoms with van der Waals surface area (Å²) in [6, 6.07) is 5.16. The van der Waals surface area contributed by atoms with Crippen molar-refractivity contribution in [2.24, 2.45) is 5.41 Å². The van der Waals surface area contributed by atoms with E-state index in [9.17, 15) is 10.1 Å². The first kappa shape index (κ1) is 14.4. The summed E-state index contributed by atoms with van der Waals surface area (Å²) in [5.41, 5.74) is 1.25. The van der Waals surface area contributed by atoms with E-state index in [1.54, 1.807) is 12.1 Å². The summed E-state index contributed by atoms with van der Waals surface area (Å²) in [6.45, 7) is 1.70. The van der Waals surface area contributed by atoms with Gasteiger partial charge >= 0.3 is 0 Å². The van der Waals surface area contributed by atoms with E-state index >= 15 is 0 Å². The number of hydrogen-bond acceptors (Lipinski definition) is 4. The number of nitro groups is 1. The molecule has 5 nitrogen and oxygen atoms in total. The second-order valence-corrected chi connectivity index (χ2v) is 5.97. The molecule has 0 bridgehead atoms. The highest BCUT2D eigenvalue weighted by Gasteiger charge is 2.41. The molecule has 0 aromatic heterocycles. The van der Waals surface area contributed by atoms with Crippen LogP contribution in [0, 0.1) is 15.5 Å². The Morgan fingerprint density at radius 3 is 2.79 bits per heavy atom. The Morgan fingerprint density at radius 1 is 1.47 bits per heavy atom. The normalized spacial score (nSPS) is 16.3. The minimum absolute atomic E-state index is 0.0933. The molecule has 0 radical (unpaired) electrons. The lowest BCUT2D eigenvalue weighted by Gasteiger charge is -2.14. The van der Waals surface area contributed by atoms with E-state index in [2.05, 4.69) is 21.2 Å². The van der Waals surface area contributed by atoms with E-state index in [-0.39, 0.29) is 22.6 Å². The summed E-state index contributed by atoms with van der Waals surface area (Å²) in [6.07, 6.45) is 3.14. The smallest absolute Gasteiger partial charge is 0.283 e. The summed E-state index contributed by atoms with van der Waals surface area (Å²) in [7, 11) is 0. The van der Waals surface area contributed by atoms with Crippen molar-refractivity contribution in [3.8, 4) is 0 Å². The third-order valence-electron chi connectivity index (χ3n) is 3.64. The van der Waals surface area contributed by atoms with Crippen molar-refractivity contribution in [3.05, 3.63) is 38.3 Å². The lowest BCUT2D eigenvalue weighted by atomic mass is 10.0. The molecule has 1 saturated carbocycles. The Labute approximate surface area is 120 Å². The van der Waals surface area contributed by atoms with Crippen LogP contribution in [0.25, 0.3) is 0 Å². The zero-order valence-corrected chi connectivity index (χ0v) is 12.1. The maximum absolute atomic E-state index is 10.8. The molecule has 0 saturated heterocycles. The van der Waals surface area contributed by atoms with Gasteiger partial charge in [0.25, 0.3) is 5.69 Å². The minimum Gasteiger partial charge on any atom is -0.396 e. The van der Waals surface area contributed by atoms with Crippen LogP contribution in [-0.2, 0) is 6.54 Å². The number of hydrogen-bond donors (Lipinski definition) is 2. The minimum atomic E-state index is -0.387. The molecule has 0 spiro atoms. The zero-order chi connectivity index (χ0) is 13.9. The Kier molecular flexibility index (Phi) is 4.54. The van der Waals surface area contributed by atoms with Gasteiger partial charge < -0.3 is 10.4 Å². The maximum atomic E-state index is 10.8. The second-order valence-electron chi connectivity index (χ2n) is 5.12. The van der Waals surface area contributed by atoms with Crippen LogP contribution in [0.4, 0.5) is 5.69 Å². The van der Waals surface area contributed by atoms with Gasteiger partial charge in [-0.3, -0.25) is 10.1 Å². The zero-order valence-electron chi connectivity index (χ0n) is 10.6. The van der Waals surface area contributed by atoms with E-state index in [1.807, 2.05) is 6.07 Å². The number of aliphatic hydroxyl groups is 1. The molecule has 0 amide bonds. The Hall–Kier alpha value is -0.980. The standard InChI is InChI=1S/C13H17BrN2O3/c14-11-2-1-10(7-12(11)16(18)19)8-15-9-13(3-4-13)5-6-17/h1-2,7,15,17H,3-6,8-9H2. The molecule has 0 unspecified atom stereocenters. The number of aliphatic hydroxyl groups excluding tert-OH is 1. The topological polar surface area (TPSA) is 75.4 Å². The van der Waals surface area contributed by atoms with E-state index in [4.69, 9.17) is 5.11 Å². The average molecular weight is 329 g/mol. The summed E-state index contributed by atoms with van der Waals surface area (Å²) in [5, 5.41) is 23.1. The van der Waals surface area contributed by atoms with Crippen LogP contribution in [0.2, 0.25) is 0 Å². The summed E-state index contributed by atoms with van der Waals surface area (Å²) < 4.78 is 0.500. The fourth-order valence-electron chi connectivity index (χ4n) is 2.21. The highest BCUT2D eigenvalue weighted by atomic mass is 79.9. The molecule has 1 aliphatic carbocycles. The van der Waals surface area contributed by atoms with Crippen LogP contribution in [-0.4, -0.2) is 23.2 Å². The number of benzene rings is 1. The van der Waals surface area contributed by atoms with Crippen LogP contribution in [0.3, 0.4) is 0 Å². The van der Waals surface area contributed by atoms with Gasteiger partial charge in [-0.15, -0.1) is 0 Å². The molecular weight excluding hydrogens is 312 g/mol. The van der Waals surface area contributed by atoms with Crippen molar-refractivity contribution < 1.29 is 10.0 Å². The molecule has 19 heavy (non-hydrogen) atoms. The lowest BCUT2D eigenvalue weighted by molar-refractivity contribution is -0.385. The molecule has 2 N–H and O–H groups in total. The van der Waals surface area contributed by atoms with Crippen molar-refractivity contribution in [3.63, 3.8) is 0 Å². The third-order valence-corrected chi connectivity index (χ3v) is 4.31. The van der Waals surface area contributed by atoms with Gasteiger partial charge in [-0.1, -0.05) is 6.07 Å². The summed E-state index contributed by atoms with van der Waals surface area (Å²) in [5.74, 6) is 0. The predicted molar refractivity (Wildman–Crippen MR) is 75.9 cm³/mol. The first-order valence-corrected chi connectivity index (χ1v) is 7.10. The highest BCUT2D eigenvalue weighted by Crippen LogP contribution is 2.47. The van der Waals surface area contributed by atoms with E-state index in [0.717, 1.165) is 31.4 Å². The van der Waals surface area contributed by atoms with Crippen LogP contribution in [0.15, 0.2) is 22.7 Å². The molecule has 1 aliphatic rings. The first-order valence-electron chi connectivity index (χ1n) is 6.31. The number of nitro benzene ring substituents is 1. The SMILES string of the molecule is O=[N+]([O-])c1cc(CNCC2(CCO)CC2)ccc1Br. The molecule has 0 heterocycles. The molecule has 104 valence electrons. The molecule has 6 heteroatoms. The van der Waals surface area contributed by atoms with E-state index in [1.165, 1.54) is 0 Å². The van der Waals surface area contributed by atoms with Crippen molar-refractivity contribution in [1.82, 2.24) is 5.32 Å². The molecule has 0 aliphatic heterocycles. The van der Waals surface area contributed by atoms with Crippen LogP contribution < -0.4 is 5.32 Å². The quantitative estimate of drug-likeness (QED) is 0.596. The molecule has 1 fully saturated rings. The van der Waals surface area contributed by atoms with Gasteiger partial charge in [-0.25, -0.2) is 0 Å². The maximum Gasteiger partial charge on any atom is 0.283 e. The Balaban J connectivity index is 1.90. The number of halogens is 1. The van der Waals surface area contributed by atoms with Crippen molar-refractivity contribution in [1.29, 1.82) is 0 Å². The van der Waals surface area contributed by atoms with Crippen molar-refractivity contribution >= 4 is 21.6 Å².